The molecule has 1 aromatic rings. The van der Waals surface area contributed by atoms with E-state index >= 15 is 0 Å². The van der Waals surface area contributed by atoms with Crippen LogP contribution in [0.15, 0.2) is 18.2 Å². The molecule has 3 heterocycles. The molecule has 4 atom stereocenters. The van der Waals surface area contributed by atoms with E-state index in [0.717, 1.165) is 0 Å². The van der Waals surface area contributed by atoms with Crippen LogP contribution in [-0.2, 0) is 20.9 Å². The average molecular weight is 448 g/mol. The Bertz CT molecular complexity index is 811. The molecule has 0 saturated carbocycles. The number of carbonyl (C=O) groups excluding carboxylic acids is 2. The van der Waals surface area contributed by atoms with Crippen molar-refractivity contribution in [3.05, 3.63) is 34.6 Å². The highest BCUT2D eigenvalue weighted by Gasteiger charge is 2.49. The van der Waals surface area contributed by atoms with Gasteiger partial charge in [-0.15, -0.1) is 11.6 Å². The van der Waals surface area contributed by atoms with Gasteiger partial charge in [0.2, 0.25) is 11.8 Å². The molecule has 3 fully saturated rings. The summed E-state index contributed by atoms with van der Waals surface area (Å²) in [6, 6.07) is 3.43. The van der Waals surface area contributed by atoms with Gasteiger partial charge in [0.15, 0.2) is 0 Å². The predicted octanol–water partition coefficient (Wildman–Crippen LogP) is 1.93. The Morgan fingerprint density at radius 3 is 2.66 bits per heavy atom. The van der Waals surface area contributed by atoms with Gasteiger partial charge in [0, 0.05) is 24.4 Å². The standard InChI is InChI=1S/C19H21Cl2F2N3O3/c20-12-4-15(23)18(24-5-12)26-7-16(27)25(17(19(26)28)11-8-29-9-11)6-10-1-2-14(22)13(21)3-10/h1-3,11-12,15,17-18,24H,4-9H2/t12?,15?,17-,18?/m1/s1. The Morgan fingerprint density at radius 2 is 2.03 bits per heavy atom. The number of nitrogens with zero attached hydrogens (tertiary/aromatic N) is 2. The number of halogens is 4. The number of rotatable bonds is 4. The summed E-state index contributed by atoms with van der Waals surface area (Å²) in [4.78, 5) is 29.0. The van der Waals surface area contributed by atoms with E-state index in [9.17, 15) is 18.4 Å². The zero-order valence-electron chi connectivity index (χ0n) is 15.5. The van der Waals surface area contributed by atoms with Gasteiger partial charge < -0.3 is 14.5 Å². The van der Waals surface area contributed by atoms with Crippen molar-refractivity contribution in [2.45, 2.75) is 36.7 Å². The summed E-state index contributed by atoms with van der Waals surface area (Å²) in [5.41, 5.74) is 0.611. The van der Waals surface area contributed by atoms with Crippen molar-refractivity contribution in [3.63, 3.8) is 0 Å². The number of carbonyl (C=O) groups is 2. The van der Waals surface area contributed by atoms with Gasteiger partial charge in [-0.1, -0.05) is 17.7 Å². The minimum Gasteiger partial charge on any atom is -0.380 e. The second kappa shape index (κ2) is 8.34. The molecular weight excluding hydrogens is 427 g/mol. The lowest BCUT2D eigenvalue weighted by molar-refractivity contribution is -0.173. The Balaban J connectivity index is 1.58. The number of piperazine rings is 1. The van der Waals surface area contributed by atoms with Crippen molar-refractivity contribution in [3.8, 4) is 0 Å². The van der Waals surface area contributed by atoms with Crippen LogP contribution in [0.5, 0.6) is 0 Å². The number of alkyl halides is 2. The number of benzene rings is 1. The van der Waals surface area contributed by atoms with Gasteiger partial charge in [0.25, 0.3) is 0 Å². The maximum atomic E-state index is 14.6. The Hall–Kier alpha value is -1.48. The van der Waals surface area contributed by atoms with Crippen LogP contribution in [0.1, 0.15) is 12.0 Å². The van der Waals surface area contributed by atoms with E-state index in [1.165, 1.54) is 28.0 Å². The average Bonchev–Trinajstić information content (AvgIpc) is 2.62. The second-order valence-electron chi connectivity index (χ2n) is 7.68. The van der Waals surface area contributed by atoms with Gasteiger partial charge in [-0.3, -0.25) is 14.9 Å². The Kier molecular flexibility index (Phi) is 5.97. The van der Waals surface area contributed by atoms with Gasteiger partial charge in [0.1, 0.15) is 30.7 Å². The maximum Gasteiger partial charge on any atom is 0.247 e. The quantitative estimate of drug-likeness (QED) is 0.716. The zero-order valence-corrected chi connectivity index (χ0v) is 17.0. The predicted molar refractivity (Wildman–Crippen MR) is 103 cm³/mol. The molecule has 3 saturated heterocycles. The van der Waals surface area contributed by atoms with Gasteiger partial charge in [-0.25, -0.2) is 8.78 Å². The molecule has 4 rings (SSSR count). The van der Waals surface area contributed by atoms with Crippen LogP contribution in [0, 0.1) is 11.7 Å². The minimum absolute atomic E-state index is 0.0502. The fourth-order valence-electron chi connectivity index (χ4n) is 4.06. The van der Waals surface area contributed by atoms with Crippen LogP contribution < -0.4 is 5.32 Å². The maximum absolute atomic E-state index is 14.6. The van der Waals surface area contributed by atoms with Crippen LogP contribution >= 0.6 is 23.2 Å². The smallest absolute Gasteiger partial charge is 0.247 e. The molecule has 0 aromatic heterocycles. The van der Waals surface area contributed by atoms with E-state index in [2.05, 4.69) is 5.32 Å². The van der Waals surface area contributed by atoms with E-state index in [4.69, 9.17) is 27.9 Å². The molecule has 3 unspecified atom stereocenters. The number of piperidine rings is 1. The molecule has 158 valence electrons. The molecule has 29 heavy (non-hydrogen) atoms. The van der Waals surface area contributed by atoms with E-state index in [0.29, 0.717) is 25.3 Å². The molecule has 3 aliphatic heterocycles. The lowest BCUT2D eigenvalue weighted by atomic mass is 9.91. The lowest BCUT2D eigenvalue weighted by Crippen LogP contribution is -2.70. The number of hydrogen-bond donors (Lipinski definition) is 1. The molecule has 1 N–H and O–H groups in total. The first-order valence-corrected chi connectivity index (χ1v) is 10.3. The normalized spacial score (nSPS) is 31.2. The summed E-state index contributed by atoms with van der Waals surface area (Å²) in [6.07, 6.45) is -2.12. The second-order valence-corrected chi connectivity index (χ2v) is 8.71. The highest BCUT2D eigenvalue weighted by atomic mass is 35.5. The highest BCUT2D eigenvalue weighted by molar-refractivity contribution is 6.30. The third-order valence-electron chi connectivity index (χ3n) is 5.65. The van der Waals surface area contributed by atoms with Crippen molar-refractivity contribution in [2.24, 2.45) is 5.92 Å². The van der Waals surface area contributed by atoms with Crippen LogP contribution in [0.25, 0.3) is 0 Å². The van der Waals surface area contributed by atoms with Crippen LogP contribution in [0.2, 0.25) is 5.02 Å². The Labute approximate surface area is 177 Å². The molecule has 0 spiro atoms. The fraction of sp³-hybridized carbons (Fsp3) is 0.579. The summed E-state index contributed by atoms with van der Waals surface area (Å²) in [7, 11) is 0. The third-order valence-corrected chi connectivity index (χ3v) is 6.28. The van der Waals surface area contributed by atoms with Gasteiger partial charge in [-0.05, 0) is 24.1 Å². The summed E-state index contributed by atoms with van der Waals surface area (Å²) in [6.45, 7) is 0.932. The van der Waals surface area contributed by atoms with Crippen LogP contribution in [0.3, 0.4) is 0 Å². The van der Waals surface area contributed by atoms with Crippen molar-refractivity contribution < 1.29 is 23.1 Å². The highest BCUT2D eigenvalue weighted by Crippen LogP contribution is 2.30. The number of amides is 2. The van der Waals surface area contributed by atoms with E-state index in [1.807, 2.05) is 0 Å². The third kappa shape index (κ3) is 4.08. The topological polar surface area (TPSA) is 61.9 Å². The number of hydrogen-bond acceptors (Lipinski definition) is 4. The molecule has 2 amide bonds. The Morgan fingerprint density at radius 1 is 1.28 bits per heavy atom. The molecular formula is C19H21Cl2F2N3O3. The number of ether oxygens (including phenoxy) is 1. The molecule has 0 radical (unpaired) electrons. The van der Waals surface area contributed by atoms with Gasteiger partial charge in [-0.2, -0.15) is 0 Å². The fourth-order valence-corrected chi connectivity index (χ4v) is 4.52. The molecule has 3 aliphatic rings. The van der Waals surface area contributed by atoms with Crippen molar-refractivity contribution >= 4 is 35.0 Å². The number of nitrogens with one attached hydrogen (secondary N) is 1. The van der Waals surface area contributed by atoms with Crippen molar-refractivity contribution in [1.29, 1.82) is 0 Å². The minimum atomic E-state index is -1.36. The van der Waals surface area contributed by atoms with Gasteiger partial charge in [0.05, 0.1) is 18.2 Å². The first-order valence-electron chi connectivity index (χ1n) is 9.48. The summed E-state index contributed by atoms with van der Waals surface area (Å²) >= 11 is 11.8. The first kappa shape index (κ1) is 20.8. The van der Waals surface area contributed by atoms with Gasteiger partial charge >= 0.3 is 0 Å². The van der Waals surface area contributed by atoms with E-state index in [1.54, 1.807) is 0 Å². The van der Waals surface area contributed by atoms with Crippen LogP contribution in [-0.4, -0.2) is 71.7 Å². The molecule has 0 bridgehead atoms. The van der Waals surface area contributed by atoms with Crippen molar-refractivity contribution in [1.82, 2.24) is 15.1 Å². The first-order chi connectivity index (χ1) is 13.8. The van der Waals surface area contributed by atoms with Crippen molar-refractivity contribution in [2.75, 3.05) is 26.3 Å². The van der Waals surface area contributed by atoms with Crippen LogP contribution in [0.4, 0.5) is 8.78 Å². The summed E-state index contributed by atoms with van der Waals surface area (Å²) < 4.78 is 33.3. The molecule has 1 aromatic carbocycles. The largest absolute Gasteiger partial charge is 0.380 e. The summed E-state index contributed by atoms with van der Waals surface area (Å²) in [5.74, 6) is -1.35. The van der Waals surface area contributed by atoms with E-state index in [-0.39, 0.29) is 47.6 Å². The zero-order chi connectivity index (χ0) is 20.7. The molecule has 0 aliphatic carbocycles. The molecule has 6 nitrogen and oxygen atoms in total. The SMILES string of the molecule is O=C1[C@@H](C2COC2)N(Cc2ccc(F)c(Cl)c2)C(=O)CN1C1NCC(Cl)CC1F. The monoisotopic (exact) mass is 447 g/mol. The summed E-state index contributed by atoms with van der Waals surface area (Å²) in [5, 5.41) is 2.55. The van der Waals surface area contributed by atoms with E-state index < -0.39 is 24.2 Å². The lowest BCUT2D eigenvalue weighted by Gasteiger charge is -2.49. The molecule has 10 heteroatoms.